The second kappa shape index (κ2) is 7.81. The molecule has 0 fully saturated rings. The number of benzene rings is 1. The quantitative estimate of drug-likeness (QED) is 0.436. The number of rotatable bonds is 5. The number of hydrogen-bond acceptors (Lipinski definition) is 8. The molecule has 0 saturated heterocycles. The van der Waals surface area contributed by atoms with Gasteiger partial charge in [-0.15, -0.1) is 0 Å². The Kier molecular flexibility index (Phi) is 6.01. The van der Waals surface area contributed by atoms with E-state index in [1.54, 1.807) is 0 Å². The lowest BCUT2D eigenvalue weighted by Crippen LogP contribution is -2.09. The SMILES string of the molecule is O=[N+]([O-])c1c(Cl)c([N+](=O)[O-])c(Nc2ncc(C(F)(F)F)cc2Cl)c([N+](=O)[O-])c1Cl. The minimum absolute atomic E-state index is 0.306. The van der Waals surface area contributed by atoms with Crippen LogP contribution in [0.2, 0.25) is 15.1 Å². The van der Waals surface area contributed by atoms with Crippen molar-refractivity contribution in [2.45, 2.75) is 6.18 Å². The molecule has 1 aromatic heterocycles. The van der Waals surface area contributed by atoms with Gasteiger partial charge in [0.15, 0.2) is 0 Å². The molecule has 0 amide bonds. The van der Waals surface area contributed by atoms with Gasteiger partial charge >= 0.3 is 23.2 Å². The lowest BCUT2D eigenvalue weighted by atomic mass is 10.2. The number of nitro benzene ring substituents is 3. The topological polar surface area (TPSA) is 154 Å². The summed E-state index contributed by atoms with van der Waals surface area (Å²) in [6, 6.07) is 0.406. The Balaban J connectivity index is 2.80. The van der Waals surface area contributed by atoms with Crippen molar-refractivity contribution in [2.24, 2.45) is 0 Å². The molecule has 0 atom stereocenters. The summed E-state index contributed by atoms with van der Waals surface area (Å²) in [6.07, 6.45) is -4.51. The third kappa shape index (κ3) is 4.23. The van der Waals surface area contributed by atoms with Gasteiger partial charge in [0.2, 0.25) is 15.7 Å². The zero-order valence-corrected chi connectivity index (χ0v) is 15.4. The number of nitro groups is 3. The summed E-state index contributed by atoms with van der Waals surface area (Å²) in [5.74, 6) is -0.660. The van der Waals surface area contributed by atoms with Crippen LogP contribution in [0.3, 0.4) is 0 Å². The summed E-state index contributed by atoms with van der Waals surface area (Å²) in [5, 5.41) is 32.8. The maximum atomic E-state index is 12.7. The Hall–Kier alpha value is -2.97. The van der Waals surface area contributed by atoms with E-state index in [9.17, 15) is 43.5 Å². The summed E-state index contributed by atoms with van der Waals surface area (Å²) < 4.78 is 38.1. The average Bonchev–Trinajstić information content (AvgIpc) is 2.54. The number of alkyl halides is 3. The predicted molar refractivity (Wildman–Crippen MR) is 94.0 cm³/mol. The molecule has 11 nitrogen and oxygen atoms in total. The van der Waals surface area contributed by atoms with Crippen LogP contribution in [0.1, 0.15) is 5.56 Å². The first-order valence-electron chi connectivity index (χ1n) is 6.75. The van der Waals surface area contributed by atoms with Crippen molar-refractivity contribution in [3.63, 3.8) is 0 Å². The van der Waals surface area contributed by atoms with Crippen LogP contribution in [0, 0.1) is 30.3 Å². The Morgan fingerprint density at radius 1 is 0.897 bits per heavy atom. The summed E-state index contributed by atoms with van der Waals surface area (Å²) >= 11 is 17.0. The van der Waals surface area contributed by atoms with E-state index < -0.39 is 70.1 Å². The zero-order valence-electron chi connectivity index (χ0n) is 13.2. The van der Waals surface area contributed by atoms with Crippen molar-refractivity contribution in [3.8, 4) is 0 Å². The van der Waals surface area contributed by atoms with Gasteiger partial charge in [-0.25, -0.2) is 4.98 Å². The molecule has 2 aromatic rings. The Bertz CT molecular complexity index is 1020. The molecule has 1 N–H and O–H groups in total. The molecule has 29 heavy (non-hydrogen) atoms. The van der Waals surface area contributed by atoms with E-state index in [-0.39, 0.29) is 0 Å². The second-order valence-corrected chi connectivity index (χ2v) is 6.16. The molecule has 154 valence electrons. The van der Waals surface area contributed by atoms with Crippen LogP contribution >= 0.6 is 34.8 Å². The molecular formula is C12H3Cl3F3N5O6. The molecule has 1 aromatic carbocycles. The minimum Gasteiger partial charge on any atom is -0.328 e. The van der Waals surface area contributed by atoms with Gasteiger partial charge < -0.3 is 5.32 Å². The fourth-order valence-electron chi connectivity index (χ4n) is 2.08. The van der Waals surface area contributed by atoms with Gasteiger partial charge in [0.05, 0.1) is 25.4 Å². The second-order valence-electron chi connectivity index (χ2n) is 5.00. The van der Waals surface area contributed by atoms with Gasteiger partial charge in [-0.3, -0.25) is 30.3 Å². The van der Waals surface area contributed by atoms with Crippen LogP contribution in [0.4, 0.5) is 41.7 Å². The third-order valence-electron chi connectivity index (χ3n) is 3.26. The fourth-order valence-corrected chi connectivity index (χ4v) is 2.99. The highest BCUT2D eigenvalue weighted by atomic mass is 35.5. The summed E-state index contributed by atoms with van der Waals surface area (Å²) in [5.41, 5.74) is -6.28. The first-order valence-corrected chi connectivity index (χ1v) is 7.88. The van der Waals surface area contributed by atoms with Crippen LogP contribution in [-0.4, -0.2) is 19.8 Å². The van der Waals surface area contributed by atoms with Gasteiger partial charge in [-0.2, -0.15) is 13.2 Å². The number of halogens is 6. The normalized spacial score (nSPS) is 11.2. The lowest BCUT2D eigenvalue weighted by molar-refractivity contribution is -0.401. The number of nitrogens with zero attached hydrogens (tertiary/aromatic N) is 4. The summed E-state index contributed by atoms with van der Waals surface area (Å²) in [7, 11) is 0. The third-order valence-corrected chi connectivity index (χ3v) is 4.27. The Labute approximate surface area is 171 Å². The van der Waals surface area contributed by atoms with Crippen LogP contribution in [-0.2, 0) is 6.18 Å². The molecule has 0 aliphatic rings. The van der Waals surface area contributed by atoms with Gasteiger partial charge in [0.25, 0.3) is 0 Å². The van der Waals surface area contributed by atoms with Crippen molar-refractivity contribution < 1.29 is 27.9 Å². The molecule has 0 bridgehead atoms. The first-order chi connectivity index (χ1) is 13.3. The van der Waals surface area contributed by atoms with Crippen molar-refractivity contribution in [1.82, 2.24) is 4.98 Å². The predicted octanol–water partition coefficient (Wildman–Crippen LogP) is 5.53. The van der Waals surface area contributed by atoms with E-state index in [1.807, 2.05) is 5.32 Å². The van der Waals surface area contributed by atoms with Gasteiger partial charge in [0.1, 0.15) is 5.82 Å². The van der Waals surface area contributed by atoms with Crippen molar-refractivity contribution in [3.05, 3.63) is 63.2 Å². The molecule has 0 saturated carbocycles. The van der Waals surface area contributed by atoms with Gasteiger partial charge in [-0.1, -0.05) is 34.8 Å². The fraction of sp³-hybridized carbons (Fsp3) is 0.0833. The maximum absolute atomic E-state index is 12.7. The van der Waals surface area contributed by atoms with Crippen LogP contribution in [0.15, 0.2) is 12.3 Å². The first kappa shape index (κ1) is 22.3. The number of hydrogen-bond donors (Lipinski definition) is 1. The Morgan fingerprint density at radius 3 is 1.69 bits per heavy atom. The molecule has 0 radical (unpaired) electrons. The van der Waals surface area contributed by atoms with E-state index in [4.69, 9.17) is 34.8 Å². The molecule has 1 heterocycles. The van der Waals surface area contributed by atoms with E-state index >= 15 is 0 Å². The van der Waals surface area contributed by atoms with Gasteiger partial charge in [0, 0.05) is 6.20 Å². The monoisotopic (exact) mass is 475 g/mol. The largest absolute Gasteiger partial charge is 0.417 e. The zero-order chi connectivity index (χ0) is 22.3. The number of nitrogens with one attached hydrogen (secondary N) is 1. The molecule has 0 spiro atoms. The minimum atomic E-state index is -4.81. The molecular weight excluding hydrogens is 474 g/mol. The molecule has 0 aliphatic carbocycles. The van der Waals surface area contributed by atoms with E-state index in [1.165, 1.54) is 0 Å². The number of pyridine rings is 1. The van der Waals surface area contributed by atoms with Crippen LogP contribution in [0.25, 0.3) is 0 Å². The number of aromatic nitrogens is 1. The smallest absolute Gasteiger partial charge is 0.328 e. The molecule has 0 aliphatic heterocycles. The van der Waals surface area contributed by atoms with Crippen molar-refractivity contribution in [2.75, 3.05) is 5.32 Å². The van der Waals surface area contributed by atoms with Crippen LogP contribution < -0.4 is 5.32 Å². The van der Waals surface area contributed by atoms with Crippen molar-refractivity contribution in [1.29, 1.82) is 0 Å². The van der Waals surface area contributed by atoms with E-state index in [0.717, 1.165) is 0 Å². The molecule has 2 rings (SSSR count). The standard InChI is InChI=1S/C12H3Cl3F3N5O6/c13-4-1-3(12(16,17)18)2-19-11(4)20-7-9(22(26)27)5(14)8(21(24)25)6(15)10(7)23(28)29/h1-2H,(H,19,20). The van der Waals surface area contributed by atoms with Gasteiger partial charge in [-0.05, 0) is 6.07 Å². The number of anilines is 2. The average molecular weight is 477 g/mol. The Morgan fingerprint density at radius 2 is 1.34 bits per heavy atom. The highest BCUT2D eigenvalue weighted by Crippen LogP contribution is 2.52. The summed E-state index contributed by atoms with van der Waals surface area (Å²) in [4.78, 5) is 33.3. The summed E-state index contributed by atoms with van der Waals surface area (Å²) in [6.45, 7) is 0. The molecule has 0 unspecified atom stereocenters. The maximum Gasteiger partial charge on any atom is 0.417 e. The highest BCUT2D eigenvalue weighted by Gasteiger charge is 2.41. The highest BCUT2D eigenvalue weighted by molar-refractivity contribution is 6.42. The van der Waals surface area contributed by atoms with E-state index in [0.29, 0.717) is 12.3 Å². The lowest BCUT2D eigenvalue weighted by Gasteiger charge is -2.12. The van der Waals surface area contributed by atoms with Crippen molar-refractivity contribution >= 4 is 63.4 Å². The van der Waals surface area contributed by atoms with Crippen LogP contribution in [0.5, 0.6) is 0 Å². The van der Waals surface area contributed by atoms with E-state index in [2.05, 4.69) is 4.98 Å². The molecule has 17 heteroatoms.